The maximum absolute atomic E-state index is 12.2. The molecule has 0 fully saturated rings. The second kappa shape index (κ2) is 13.2. The Bertz CT molecular complexity index is 771. The molecule has 1 aromatic heterocycles. The summed E-state index contributed by atoms with van der Waals surface area (Å²) < 4.78 is 7.31. The highest BCUT2D eigenvalue weighted by molar-refractivity contribution is 7.99. The first kappa shape index (κ1) is 29.3. The minimum Gasteiger partial charge on any atom is -0.494 e. The van der Waals surface area contributed by atoms with Crippen molar-refractivity contribution in [2.45, 2.75) is 90.3 Å². The van der Waals surface area contributed by atoms with Gasteiger partial charge in [0.1, 0.15) is 5.78 Å². The predicted molar refractivity (Wildman–Crippen MR) is 133 cm³/mol. The molecule has 9 heteroatoms. The van der Waals surface area contributed by atoms with Gasteiger partial charge in [-0.25, -0.2) is 0 Å². The molecule has 0 aliphatic carbocycles. The van der Waals surface area contributed by atoms with Crippen molar-refractivity contribution in [1.82, 2.24) is 15.2 Å². The third-order valence-corrected chi connectivity index (χ3v) is 6.55. The lowest BCUT2D eigenvalue weighted by molar-refractivity contribution is -0.121. The van der Waals surface area contributed by atoms with Crippen LogP contribution in [-0.4, -0.2) is 64.1 Å². The number of likely N-dealkylation sites (N-methyl/N-ethyl adjacent to an activating group) is 1. The molecular formula is C24H43N3O5S. The van der Waals surface area contributed by atoms with E-state index in [9.17, 15) is 19.8 Å². The topological polar surface area (TPSA) is 113 Å². The van der Waals surface area contributed by atoms with Crippen molar-refractivity contribution in [3.05, 3.63) is 6.07 Å². The molecule has 1 aromatic rings. The van der Waals surface area contributed by atoms with Crippen molar-refractivity contribution < 1.29 is 24.5 Å². The molecule has 4 N–H and O–H groups in total. The van der Waals surface area contributed by atoms with Crippen LogP contribution in [-0.2, 0) is 20.9 Å². The molecular weight excluding hydrogens is 442 g/mol. The summed E-state index contributed by atoms with van der Waals surface area (Å²) in [6.45, 7) is 13.7. The number of nitrogens with one attached hydrogen (secondary N) is 2. The molecule has 33 heavy (non-hydrogen) atoms. The Labute approximate surface area is 202 Å². The van der Waals surface area contributed by atoms with E-state index in [1.54, 1.807) is 7.05 Å². The van der Waals surface area contributed by atoms with Crippen molar-refractivity contribution in [3.63, 3.8) is 0 Å². The van der Waals surface area contributed by atoms with E-state index in [0.29, 0.717) is 17.2 Å². The van der Waals surface area contributed by atoms with Gasteiger partial charge in [0.2, 0.25) is 11.8 Å². The van der Waals surface area contributed by atoms with Gasteiger partial charge < -0.3 is 25.6 Å². The van der Waals surface area contributed by atoms with Crippen LogP contribution >= 0.6 is 11.8 Å². The number of ketones is 1. The lowest BCUT2D eigenvalue weighted by atomic mass is 9.93. The summed E-state index contributed by atoms with van der Waals surface area (Å²) in [4.78, 5) is 24.2. The number of aromatic nitrogens is 1. The van der Waals surface area contributed by atoms with E-state index in [2.05, 4.69) is 45.3 Å². The molecule has 0 saturated heterocycles. The summed E-state index contributed by atoms with van der Waals surface area (Å²) in [5.74, 6) is 0.0814. The molecule has 0 bridgehead atoms. The highest BCUT2D eigenvalue weighted by Crippen LogP contribution is 2.35. The van der Waals surface area contributed by atoms with E-state index in [0.717, 1.165) is 25.9 Å². The van der Waals surface area contributed by atoms with Gasteiger partial charge in [0.05, 0.1) is 16.5 Å². The number of aromatic hydroxyl groups is 2. The Balaban J connectivity index is 2.40. The Morgan fingerprint density at radius 3 is 2.42 bits per heavy atom. The smallest absolute Gasteiger partial charge is 0.221 e. The van der Waals surface area contributed by atoms with Gasteiger partial charge in [0, 0.05) is 37.9 Å². The van der Waals surface area contributed by atoms with E-state index in [-0.39, 0.29) is 53.5 Å². The van der Waals surface area contributed by atoms with Crippen LogP contribution in [0.4, 0.5) is 0 Å². The van der Waals surface area contributed by atoms with E-state index < -0.39 is 0 Å². The molecule has 1 atom stereocenters. The first-order valence-corrected chi connectivity index (χ1v) is 12.6. The Morgan fingerprint density at radius 1 is 1.18 bits per heavy atom. The lowest BCUT2D eigenvalue weighted by Crippen LogP contribution is -2.34. The maximum atomic E-state index is 12.2. The zero-order valence-corrected chi connectivity index (χ0v) is 22.1. The minimum atomic E-state index is -0.334. The molecule has 1 amide bonds. The minimum absolute atomic E-state index is 0.00433. The molecule has 1 rings (SSSR count). The highest BCUT2D eigenvalue weighted by atomic mass is 32.2. The van der Waals surface area contributed by atoms with E-state index in [1.807, 2.05) is 0 Å². The third kappa shape index (κ3) is 11.3. The van der Waals surface area contributed by atoms with Gasteiger partial charge >= 0.3 is 0 Å². The molecule has 0 saturated carbocycles. The van der Waals surface area contributed by atoms with Gasteiger partial charge in [0.15, 0.2) is 5.88 Å². The lowest BCUT2D eigenvalue weighted by Gasteiger charge is -2.27. The average molecular weight is 486 g/mol. The van der Waals surface area contributed by atoms with Gasteiger partial charge in [-0.3, -0.25) is 14.2 Å². The number of hydrogen-bond donors (Lipinski definition) is 4. The molecule has 190 valence electrons. The van der Waals surface area contributed by atoms with E-state index in [4.69, 9.17) is 4.74 Å². The van der Waals surface area contributed by atoms with Gasteiger partial charge in [-0.2, -0.15) is 0 Å². The highest BCUT2D eigenvalue weighted by Gasteiger charge is 2.21. The van der Waals surface area contributed by atoms with Crippen LogP contribution < -0.4 is 10.6 Å². The quantitative estimate of drug-likeness (QED) is 0.221. The van der Waals surface area contributed by atoms with Gasteiger partial charge in [0.25, 0.3) is 0 Å². The molecule has 0 radical (unpaired) electrons. The molecule has 8 nitrogen and oxygen atoms in total. The first-order valence-electron chi connectivity index (χ1n) is 11.6. The average Bonchev–Trinajstić information content (AvgIpc) is 2.95. The van der Waals surface area contributed by atoms with Gasteiger partial charge in [-0.05, 0) is 52.5 Å². The number of thioether (sulfide) groups is 1. The second-order valence-corrected chi connectivity index (χ2v) is 11.3. The van der Waals surface area contributed by atoms with E-state index in [1.165, 1.54) is 29.3 Å². The summed E-state index contributed by atoms with van der Waals surface area (Å²) in [6.07, 6.45) is 2.78. The molecule has 1 unspecified atom stereocenters. The third-order valence-electron chi connectivity index (χ3n) is 5.44. The number of carbonyl (C=O) groups is 2. The predicted octanol–water partition coefficient (Wildman–Crippen LogP) is 3.69. The first-order chi connectivity index (χ1) is 15.3. The van der Waals surface area contributed by atoms with Gasteiger partial charge in [-0.15, -0.1) is 11.8 Å². The Hall–Kier alpha value is -1.71. The zero-order valence-electron chi connectivity index (χ0n) is 21.3. The van der Waals surface area contributed by atoms with Gasteiger partial charge in [-0.1, -0.05) is 20.8 Å². The van der Waals surface area contributed by atoms with Crippen LogP contribution in [0.5, 0.6) is 11.8 Å². The van der Waals surface area contributed by atoms with Crippen LogP contribution in [0.3, 0.4) is 0 Å². The van der Waals surface area contributed by atoms with Crippen LogP contribution in [0, 0.1) is 5.41 Å². The monoisotopic (exact) mass is 485 g/mol. The van der Waals surface area contributed by atoms with Crippen LogP contribution in [0.1, 0.15) is 67.2 Å². The largest absolute Gasteiger partial charge is 0.494 e. The zero-order chi connectivity index (χ0) is 25.2. The second-order valence-electron chi connectivity index (χ2n) is 10.2. The standard InChI is InChI=1S/C24H43N3O5S/c1-17(28)18(25-7)16-33-19-15-21(30)27(22(19)31)13-9-20(29)26-12-8-10-24(5,6)32-14-11-23(2,3)4/h15,18,25,30-31H,8-14,16H2,1-7H3,(H,26,29). The van der Waals surface area contributed by atoms with Crippen molar-refractivity contribution in [1.29, 1.82) is 0 Å². The number of amides is 1. The number of nitrogens with zero attached hydrogens (tertiary/aromatic N) is 1. The number of hydrogen-bond acceptors (Lipinski definition) is 7. The number of ether oxygens (including phenoxy) is 1. The Kier molecular flexibility index (Phi) is 11.8. The fourth-order valence-corrected chi connectivity index (χ4v) is 4.33. The van der Waals surface area contributed by atoms with Crippen LogP contribution in [0.2, 0.25) is 0 Å². The van der Waals surface area contributed by atoms with Crippen LogP contribution in [0.15, 0.2) is 11.0 Å². The van der Waals surface area contributed by atoms with Crippen LogP contribution in [0.25, 0.3) is 0 Å². The summed E-state index contributed by atoms with van der Waals surface area (Å²) in [5, 5.41) is 26.4. The molecule has 0 spiro atoms. The van der Waals surface area contributed by atoms with Crippen molar-refractivity contribution in [2.24, 2.45) is 5.41 Å². The summed E-state index contributed by atoms with van der Waals surface area (Å²) in [5.41, 5.74) is 0.0112. The van der Waals surface area contributed by atoms with Crippen molar-refractivity contribution in [2.75, 3.05) is 26.0 Å². The molecule has 0 aromatic carbocycles. The summed E-state index contributed by atoms with van der Waals surface area (Å²) in [6, 6.07) is 1.12. The number of rotatable bonds is 15. The summed E-state index contributed by atoms with van der Waals surface area (Å²) in [7, 11) is 1.70. The van der Waals surface area contributed by atoms with Crippen molar-refractivity contribution in [3.8, 4) is 11.8 Å². The number of carbonyl (C=O) groups excluding carboxylic acids is 2. The fraction of sp³-hybridized carbons (Fsp3) is 0.750. The Morgan fingerprint density at radius 2 is 1.85 bits per heavy atom. The SMILES string of the molecule is CNC(CSc1cc(O)n(CCC(=O)NCCCC(C)(C)OCCC(C)(C)C)c1O)C(C)=O. The fourth-order valence-electron chi connectivity index (χ4n) is 3.15. The maximum Gasteiger partial charge on any atom is 0.221 e. The molecule has 0 aliphatic heterocycles. The normalized spacial score (nSPS) is 13.2. The summed E-state index contributed by atoms with van der Waals surface area (Å²) >= 11 is 1.28. The molecule has 1 heterocycles. The molecule has 0 aliphatic rings. The number of Topliss-reactive ketones (excluding diaryl/α,β-unsaturated/α-hetero) is 1. The van der Waals surface area contributed by atoms with E-state index >= 15 is 0 Å². The van der Waals surface area contributed by atoms with Crippen molar-refractivity contribution >= 4 is 23.5 Å².